The third-order valence-corrected chi connectivity index (χ3v) is 4.87. The number of hydrogen-bond donors (Lipinski definition) is 0. The van der Waals surface area contributed by atoms with Crippen LogP contribution < -0.4 is 4.74 Å². The topological polar surface area (TPSA) is 50.1 Å². The molecular formula is C21H26FNO2. The lowest BCUT2D eigenvalue weighted by atomic mass is 9.80. The van der Waals surface area contributed by atoms with Crippen molar-refractivity contribution >= 4 is 5.97 Å². The van der Waals surface area contributed by atoms with E-state index < -0.39 is 5.83 Å². The van der Waals surface area contributed by atoms with Crippen LogP contribution in [0.5, 0.6) is 5.75 Å². The quantitative estimate of drug-likeness (QED) is 0.373. The van der Waals surface area contributed by atoms with Gasteiger partial charge in [0.2, 0.25) is 0 Å². The first kappa shape index (κ1) is 19.2. The Hall–Kier alpha value is -2.15. The maximum absolute atomic E-state index is 12.8. The average Bonchev–Trinajstić information content (AvgIpc) is 2.64. The number of esters is 1. The molecule has 25 heavy (non-hydrogen) atoms. The van der Waals surface area contributed by atoms with Gasteiger partial charge in [-0.2, -0.15) is 9.65 Å². The zero-order chi connectivity index (χ0) is 18.1. The van der Waals surface area contributed by atoms with Crippen molar-refractivity contribution in [2.24, 2.45) is 11.8 Å². The highest BCUT2D eigenvalue weighted by molar-refractivity contribution is 5.75. The number of carbonyl (C=O) groups is 1. The van der Waals surface area contributed by atoms with Crippen molar-refractivity contribution in [2.75, 3.05) is 0 Å². The fourth-order valence-electron chi connectivity index (χ4n) is 3.39. The van der Waals surface area contributed by atoms with E-state index in [0.29, 0.717) is 18.1 Å². The lowest BCUT2D eigenvalue weighted by Gasteiger charge is -2.26. The molecule has 2 rings (SSSR count). The van der Waals surface area contributed by atoms with E-state index in [-0.39, 0.29) is 11.9 Å². The second kappa shape index (κ2) is 9.98. The van der Waals surface area contributed by atoms with E-state index in [9.17, 15) is 9.18 Å². The van der Waals surface area contributed by atoms with Crippen molar-refractivity contribution in [2.45, 2.75) is 58.3 Å². The van der Waals surface area contributed by atoms with Gasteiger partial charge in [-0.15, -0.1) is 0 Å². The summed E-state index contributed by atoms with van der Waals surface area (Å²) < 4.78 is 18.3. The highest BCUT2D eigenvalue weighted by atomic mass is 19.1. The van der Waals surface area contributed by atoms with Crippen LogP contribution >= 0.6 is 0 Å². The Bertz CT molecular complexity index is 622. The number of ether oxygens (including phenoxy) is 1. The van der Waals surface area contributed by atoms with Crippen LogP contribution in [0.4, 0.5) is 4.39 Å². The molecule has 1 aromatic carbocycles. The van der Waals surface area contributed by atoms with Gasteiger partial charge in [-0.05, 0) is 74.6 Å². The van der Waals surface area contributed by atoms with Crippen molar-refractivity contribution in [3.05, 3.63) is 41.7 Å². The molecule has 0 spiro atoms. The molecule has 0 bridgehead atoms. The molecule has 134 valence electrons. The second-order valence-electron chi connectivity index (χ2n) is 6.77. The van der Waals surface area contributed by atoms with Crippen LogP contribution in [0.3, 0.4) is 0 Å². The monoisotopic (exact) mass is 343 g/mol. The average molecular weight is 343 g/mol. The van der Waals surface area contributed by atoms with E-state index in [0.717, 1.165) is 44.9 Å². The molecule has 1 fully saturated rings. The second-order valence-corrected chi connectivity index (χ2v) is 6.77. The molecule has 3 nitrogen and oxygen atoms in total. The predicted octanol–water partition coefficient (Wildman–Crippen LogP) is 5.51. The lowest BCUT2D eigenvalue weighted by molar-refractivity contribution is -0.140. The Morgan fingerprint density at radius 3 is 2.56 bits per heavy atom. The number of rotatable bonds is 7. The van der Waals surface area contributed by atoms with E-state index in [4.69, 9.17) is 10.00 Å². The third-order valence-electron chi connectivity index (χ3n) is 4.87. The number of nitrogens with zero attached hydrogens (tertiary/aromatic N) is 1. The first-order valence-electron chi connectivity index (χ1n) is 9.18. The van der Waals surface area contributed by atoms with Gasteiger partial charge in [-0.1, -0.05) is 25.5 Å². The standard InChI is InChI=1S/C21H26FNO2/c1-2-4-16-9-13-20(14-10-16)25-21(24)18-11-7-17(8-12-18)5-3-6-19(22)15-23/h6,9-10,13-14,17-18H,2-5,7-8,11-12H2,1H3/t17-,18-. The molecule has 0 saturated heterocycles. The van der Waals surface area contributed by atoms with Gasteiger partial charge in [-0.25, -0.2) is 0 Å². The molecule has 1 saturated carbocycles. The minimum Gasteiger partial charge on any atom is -0.426 e. The maximum Gasteiger partial charge on any atom is 0.314 e. The molecule has 0 N–H and O–H groups in total. The maximum atomic E-state index is 12.8. The Balaban J connectivity index is 1.74. The molecule has 1 aliphatic carbocycles. The molecule has 0 aromatic heterocycles. The Labute approximate surface area is 149 Å². The number of carbonyl (C=O) groups excluding carboxylic acids is 1. The van der Waals surface area contributed by atoms with E-state index in [2.05, 4.69) is 6.92 Å². The van der Waals surface area contributed by atoms with Crippen molar-refractivity contribution in [1.82, 2.24) is 0 Å². The van der Waals surface area contributed by atoms with Gasteiger partial charge in [0.25, 0.3) is 0 Å². The minimum atomic E-state index is -0.706. The van der Waals surface area contributed by atoms with E-state index in [1.54, 1.807) is 0 Å². The van der Waals surface area contributed by atoms with Crippen molar-refractivity contribution < 1.29 is 13.9 Å². The highest BCUT2D eigenvalue weighted by Gasteiger charge is 2.27. The van der Waals surface area contributed by atoms with Gasteiger partial charge < -0.3 is 4.74 Å². The van der Waals surface area contributed by atoms with E-state index in [1.807, 2.05) is 24.3 Å². The summed E-state index contributed by atoms with van der Waals surface area (Å²) in [6, 6.07) is 9.24. The summed E-state index contributed by atoms with van der Waals surface area (Å²) in [5.74, 6) is 0.224. The highest BCUT2D eigenvalue weighted by Crippen LogP contribution is 2.32. The SMILES string of the molecule is CCCc1ccc(OC(=O)[C@H]2CC[C@H](CCC=C(F)C#N)CC2)cc1. The molecule has 0 radical (unpaired) electrons. The van der Waals surface area contributed by atoms with Crippen LogP contribution in [0.1, 0.15) is 57.4 Å². The summed E-state index contributed by atoms with van der Waals surface area (Å²) in [5.41, 5.74) is 1.25. The van der Waals surface area contributed by atoms with Gasteiger partial charge in [0, 0.05) is 0 Å². The number of halogens is 1. The molecule has 0 atom stereocenters. The van der Waals surface area contributed by atoms with E-state index in [1.165, 1.54) is 17.7 Å². The Morgan fingerprint density at radius 1 is 1.28 bits per heavy atom. The van der Waals surface area contributed by atoms with E-state index >= 15 is 0 Å². The molecular weight excluding hydrogens is 317 g/mol. The number of nitriles is 1. The van der Waals surface area contributed by atoms with Crippen LogP contribution in [-0.2, 0) is 11.2 Å². The summed E-state index contributed by atoms with van der Waals surface area (Å²) in [7, 11) is 0. The third kappa shape index (κ3) is 6.34. The molecule has 0 heterocycles. The predicted molar refractivity (Wildman–Crippen MR) is 95.6 cm³/mol. The van der Waals surface area contributed by atoms with Crippen LogP contribution in [0.15, 0.2) is 36.2 Å². The van der Waals surface area contributed by atoms with Gasteiger partial charge in [0.05, 0.1) is 5.92 Å². The van der Waals surface area contributed by atoms with Crippen molar-refractivity contribution in [3.63, 3.8) is 0 Å². The summed E-state index contributed by atoms with van der Waals surface area (Å²) in [4.78, 5) is 12.3. The molecule has 1 aromatic rings. The number of benzene rings is 1. The van der Waals surface area contributed by atoms with Gasteiger partial charge in [0.15, 0.2) is 5.83 Å². The lowest BCUT2D eigenvalue weighted by Crippen LogP contribution is -2.25. The van der Waals surface area contributed by atoms with Crippen LogP contribution in [0.2, 0.25) is 0 Å². The zero-order valence-corrected chi connectivity index (χ0v) is 14.8. The van der Waals surface area contributed by atoms with Gasteiger partial charge >= 0.3 is 5.97 Å². The Kier molecular flexibility index (Phi) is 7.66. The number of aryl methyl sites for hydroxylation is 1. The summed E-state index contributed by atoms with van der Waals surface area (Å²) in [6.45, 7) is 2.14. The molecule has 0 amide bonds. The van der Waals surface area contributed by atoms with Gasteiger partial charge in [-0.3, -0.25) is 4.79 Å². The Morgan fingerprint density at radius 2 is 1.96 bits per heavy atom. The fraction of sp³-hybridized carbons (Fsp3) is 0.524. The fourth-order valence-corrected chi connectivity index (χ4v) is 3.39. The molecule has 4 heteroatoms. The van der Waals surface area contributed by atoms with Crippen molar-refractivity contribution in [1.29, 1.82) is 5.26 Å². The van der Waals surface area contributed by atoms with Crippen LogP contribution in [0.25, 0.3) is 0 Å². The molecule has 1 aliphatic rings. The smallest absolute Gasteiger partial charge is 0.314 e. The molecule has 0 unspecified atom stereocenters. The first-order chi connectivity index (χ1) is 12.1. The number of allylic oxidation sites excluding steroid dienone is 2. The first-order valence-corrected chi connectivity index (χ1v) is 9.18. The van der Waals surface area contributed by atoms with Crippen LogP contribution in [-0.4, -0.2) is 5.97 Å². The summed E-state index contributed by atoms with van der Waals surface area (Å²) in [6.07, 6.45) is 8.49. The molecule has 0 aliphatic heterocycles. The van der Waals surface area contributed by atoms with Crippen LogP contribution in [0, 0.1) is 23.2 Å². The largest absolute Gasteiger partial charge is 0.426 e. The minimum absolute atomic E-state index is 0.0436. The zero-order valence-electron chi connectivity index (χ0n) is 14.8. The summed E-state index contributed by atoms with van der Waals surface area (Å²) in [5, 5.41) is 8.39. The number of hydrogen-bond acceptors (Lipinski definition) is 3. The normalized spacial score (nSPS) is 20.8. The van der Waals surface area contributed by atoms with Crippen molar-refractivity contribution in [3.8, 4) is 11.8 Å². The summed E-state index contributed by atoms with van der Waals surface area (Å²) >= 11 is 0. The van der Waals surface area contributed by atoms with Gasteiger partial charge in [0.1, 0.15) is 11.8 Å².